The maximum absolute atomic E-state index is 6.11. The molecule has 3 heterocycles. The highest BCUT2D eigenvalue weighted by atomic mass is 16.5. The van der Waals surface area contributed by atoms with Crippen LogP contribution in [-0.2, 0) is 4.74 Å². The van der Waals surface area contributed by atoms with Crippen molar-refractivity contribution in [1.29, 1.82) is 0 Å². The number of anilines is 1. The molecule has 2 N–H and O–H groups in total. The summed E-state index contributed by atoms with van der Waals surface area (Å²) >= 11 is 0. The van der Waals surface area contributed by atoms with E-state index in [1.54, 1.807) is 0 Å². The van der Waals surface area contributed by atoms with Crippen molar-refractivity contribution >= 4 is 16.9 Å². The maximum Gasteiger partial charge on any atom is 0.146 e. The van der Waals surface area contributed by atoms with Crippen LogP contribution in [0.3, 0.4) is 0 Å². The predicted molar refractivity (Wildman–Crippen MR) is 81.8 cm³/mol. The maximum atomic E-state index is 6.11. The Morgan fingerprint density at radius 1 is 1.19 bits per heavy atom. The molecular formula is C16H16N4O. The molecule has 1 fully saturated rings. The van der Waals surface area contributed by atoms with E-state index in [2.05, 4.69) is 32.9 Å². The molecule has 1 aliphatic rings. The lowest BCUT2D eigenvalue weighted by Gasteiger charge is -2.10. The van der Waals surface area contributed by atoms with Gasteiger partial charge >= 0.3 is 0 Å². The van der Waals surface area contributed by atoms with E-state index in [4.69, 9.17) is 10.5 Å². The molecule has 1 aromatic carbocycles. The molecule has 1 atom stereocenters. The van der Waals surface area contributed by atoms with E-state index in [1.807, 2.05) is 18.2 Å². The van der Waals surface area contributed by atoms with E-state index in [0.717, 1.165) is 41.8 Å². The molecule has 1 aliphatic heterocycles. The first kappa shape index (κ1) is 12.3. The summed E-state index contributed by atoms with van der Waals surface area (Å²) in [7, 11) is 0. The van der Waals surface area contributed by atoms with Crippen molar-refractivity contribution in [1.82, 2.24) is 14.5 Å². The van der Waals surface area contributed by atoms with Gasteiger partial charge in [-0.3, -0.25) is 0 Å². The molecule has 0 radical (unpaired) electrons. The summed E-state index contributed by atoms with van der Waals surface area (Å²) in [6, 6.07) is 10.5. The Labute approximate surface area is 122 Å². The summed E-state index contributed by atoms with van der Waals surface area (Å²) in [5.41, 5.74) is 9.20. The molecule has 4 rings (SSSR count). The Balaban J connectivity index is 1.98. The van der Waals surface area contributed by atoms with Crippen molar-refractivity contribution < 1.29 is 4.74 Å². The number of nitrogen functional groups attached to an aromatic ring is 1. The molecule has 1 saturated heterocycles. The van der Waals surface area contributed by atoms with Crippen LogP contribution in [0.15, 0.2) is 42.9 Å². The summed E-state index contributed by atoms with van der Waals surface area (Å²) in [5, 5.41) is 0.926. The average Bonchev–Trinajstić information content (AvgIpc) is 3.16. The van der Waals surface area contributed by atoms with Crippen LogP contribution in [0, 0.1) is 0 Å². The molecular weight excluding hydrogens is 264 g/mol. The third-order valence-corrected chi connectivity index (χ3v) is 4.02. The minimum atomic E-state index is 0.319. The zero-order valence-electron chi connectivity index (χ0n) is 11.6. The first-order valence-corrected chi connectivity index (χ1v) is 7.09. The third kappa shape index (κ3) is 1.97. The Morgan fingerprint density at radius 2 is 2.05 bits per heavy atom. The Kier molecular flexibility index (Phi) is 2.86. The number of fused-ring (bicyclic) bond motifs is 1. The van der Waals surface area contributed by atoms with Gasteiger partial charge in [0, 0.05) is 18.4 Å². The average molecular weight is 280 g/mol. The number of rotatable bonds is 2. The molecule has 21 heavy (non-hydrogen) atoms. The van der Waals surface area contributed by atoms with Crippen LogP contribution in [0.1, 0.15) is 12.5 Å². The number of hydrogen-bond acceptors (Lipinski definition) is 4. The van der Waals surface area contributed by atoms with Crippen LogP contribution >= 0.6 is 0 Å². The smallest absolute Gasteiger partial charge is 0.146 e. The van der Waals surface area contributed by atoms with Crippen LogP contribution in [-0.4, -0.2) is 27.7 Å². The van der Waals surface area contributed by atoms with Gasteiger partial charge in [0.05, 0.1) is 18.0 Å². The highest BCUT2D eigenvalue weighted by Crippen LogP contribution is 2.35. The summed E-state index contributed by atoms with van der Waals surface area (Å²) in [6.07, 6.45) is 4.66. The standard InChI is InChI=1S/C16H16N4O/c17-15-14-13(11-4-2-1-3-5-11)8-20(12-6-7-21-9-12)16(14)19-10-18-15/h1-5,8,10,12H,6-7,9H2,(H2,17,18,19). The first-order valence-electron chi connectivity index (χ1n) is 7.09. The van der Waals surface area contributed by atoms with E-state index in [9.17, 15) is 0 Å². The Bertz CT molecular complexity index is 776. The van der Waals surface area contributed by atoms with Crippen molar-refractivity contribution in [3.63, 3.8) is 0 Å². The monoisotopic (exact) mass is 280 g/mol. The molecule has 0 aliphatic carbocycles. The molecule has 5 nitrogen and oxygen atoms in total. The predicted octanol–water partition coefficient (Wildman–Crippen LogP) is 2.64. The van der Waals surface area contributed by atoms with Crippen LogP contribution in [0.4, 0.5) is 5.82 Å². The lowest BCUT2D eigenvalue weighted by molar-refractivity contribution is 0.187. The van der Waals surface area contributed by atoms with Gasteiger partial charge in [0.1, 0.15) is 17.8 Å². The van der Waals surface area contributed by atoms with Gasteiger partial charge in [-0.15, -0.1) is 0 Å². The fourth-order valence-electron chi connectivity index (χ4n) is 2.96. The fourth-order valence-corrected chi connectivity index (χ4v) is 2.96. The molecule has 0 bridgehead atoms. The van der Waals surface area contributed by atoms with Crippen LogP contribution in [0.5, 0.6) is 0 Å². The summed E-state index contributed by atoms with van der Waals surface area (Å²) < 4.78 is 7.69. The molecule has 0 spiro atoms. The molecule has 3 aromatic rings. The third-order valence-electron chi connectivity index (χ3n) is 4.02. The normalized spacial score (nSPS) is 18.4. The lowest BCUT2D eigenvalue weighted by Crippen LogP contribution is -2.08. The van der Waals surface area contributed by atoms with Crippen molar-refractivity contribution in [2.24, 2.45) is 0 Å². The van der Waals surface area contributed by atoms with Gasteiger partial charge in [-0.2, -0.15) is 0 Å². The van der Waals surface area contributed by atoms with Gasteiger partial charge in [-0.05, 0) is 12.0 Å². The van der Waals surface area contributed by atoms with Gasteiger partial charge in [0.15, 0.2) is 0 Å². The number of benzene rings is 1. The highest BCUT2D eigenvalue weighted by Gasteiger charge is 2.23. The molecule has 106 valence electrons. The topological polar surface area (TPSA) is 66.0 Å². The van der Waals surface area contributed by atoms with Crippen molar-refractivity contribution in [3.05, 3.63) is 42.9 Å². The second-order valence-electron chi connectivity index (χ2n) is 5.29. The van der Waals surface area contributed by atoms with Crippen LogP contribution in [0.2, 0.25) is 0 Å². The van der Waals surface area contributed by atoms with Crippen molar-refractivity contribution in [3.8, 4) is 11.1 Å². The minimum absolute atomic E-state index is 0.319. The number of nitrogens with zero attached hydrogens (tertiary/aromatic N) is 3. The number of aromatic nitrogens is 3. The molecule has 1 unspecified atom stereocenters. The Morgan fingerprint density at radius 3 is 2.81 bits per heavy atom. The first-order chi connectivity index (χ1) is 10.3. The second kappa shape index (κ2) is 4.86. The van der Waals surface area contributed by atoms with Crippen LogP contribution in [0.25, 0.3) is 22.2 Å². The molecule has 0 amide bonds. The molecule has 0 saturated carbocycles. The molecule has 5 heteroatoms. The second-order valence-corrected chi connectivity index (χ2v) is 5.29. The summed E-state index contributed by atoms with van der Waals surface area (Å²) in [4.78, 5) is 8.60. The van der Waals surface area contributed by atoms with E-state index in [-0.39, 0.29) is 0 Å². The minimum Gasteiger partial charge on any atom is -0.383 e. The zero-order valence-corrected chi connectivity index (χ0v) is 11.6. The van der Waals surface area contributed by atoms with Gasteiger partial charge in [0.2, 0.25) is 0 Å². The summed E-state index contributed by atoms with van der Waals surface area (Å²) in [6.45, 7) is 1.52. The van der Waals surface area contributed by atoms with Gasteiger partial charge < -0.3 is 15.0 Å². The van der Waals surface area contributed by atoms with Crippen molar-refractivity contribution in [2.75, 3.05) is 18.9 Å². The van der Waals surface area contributed by atoms with Crippen molar-refractivity contribution in [2.45, 2.75) is 12.5 Å². The SMILES string of the molecule is Nc1ncnc2c1c(-c1ccccc1)cn2C1CCOC1. The number of nitrogens with two attached hydrogens (primary N) is 1. The quantitative estimate of drug-likeness (QED) is 0.783. The van der Waals surface area contributed by atoms with E-state index in [0.29, 0.717) is 11.9 Å². The number of hydrogen-bond donors (Lipinski definition) is 1. The molecule has 2 aromatic heterocycles. The zero-order chi connectivity index (χ0) is 14.2. The van der Waals surface area contributed by atoms with Gasteiger partial charge in [-0.1, -0.05) is 30.3 Å². The summed E-state index contributed by atoms with van der Waals surface area (Å²) in [5.74, 6) is 0.525. The largest absolute Gasteiger partial charge is 0.383 e. The Hall–Kier alpha value is -2.40. The van der Waals surface area contributed by atoms with Gasteiger partial charge in [-0.25, -0.2) is 9.97 Å². The fraction of sp³-hybridized carbons (Fsp3) is 0.250. The lowest BCUT2D eigenvalue weighted by atomic mass is 10.1. The number of ether oxygens (including phenoxy) is 1. The highest BCUT2D eigenvalue weighted by molar-refractivity contribution is 6.00. The van der Waals surface area contributed by atoms with E-state index < -0.39 is 0 Å². The van der Waals surface area contributed by atoms with Crippen LogP contribution < -0.4 is 5.73 Å². The van der Waals surface area contributed by atoms with E-state index >= 15 is 0 Å². The van der Waals surface area contributed by atoms with Gasteiger partial charge in [0.25, 0.3) is 0 Å². The van der Waals surface area contributed by atoms with E-state index in [1.165, 1.54) is 6.33 Å².